The molecule has 0 saturated carbocycles. The van der Waals surface area contributed by atoms with Crippen LogP contribution in [0.25, 0.3) is 0 Å². The molecule has 0 radical (unpaired) electrons. The number of halogens is 2. The van der Waals surface area contributed by atoms with Crippen molar-refractivity contribution in [2.45, 2.75) is 52.2 Å². The highest BCUT2D eigenvalue weighted by atomic mass is 35.5. The lowest BCUT2D eigenvalue weighted by molar-refractivity contribution is -0.140. The first-order valence-electron chi connectivity index (χ1n) is 9.39. The molecule has 0 fully saturated rings. The number of carbonyl (C=O) groups is 2. The Morgan fingerprint density at radius 3 is 2.14 bits per heavy atom. The molecule has 0 unspecified atom stereocenters. The van der Waals surface area contributed by atoms with Crippen LogP contribution in [0, 0.1) is 0 Å². The summed E-state index contributed by atoms with van der Waals surface area (Å²) in [6.45, 7) is 6.00. The number of carbonyl (C=O) groups excluding carboxylic acids is 2. The predicted molar refractivity (Wildman–Crippen MR) is 115 cm³/mol. The molecule has 28 heavy (non-hydrogen) atoms. The highest BCUT2D eigenvalue weighted by Crippen LogP contribution is 2.17. The summed E-state index contributed by atoms with van der Waals surface area (Å²) in [6.07, 6.45) is 0.991. The van der Waals surface area contributed by atoms with E-state index in [1.165, 1.54) is 0 Å². The first kappa shape index (κ1) is 22.3. The van der Waals surface area contributed by atoms with Gasteiger partial charge in [0, 0.05) is 22.6 Å². The molecule has 2 aromatic carbocycles. The van der Waals surface area contributed by atoms with Gasteiger partial charge in [-0.25, -0.2) is 0 Å². The van der Waals surface area contributed by atoms with Crippen molar-refractivity contribution < 1.29 is 9.59 Å². The summed E-state index contributed by atoms with van der Waals surface area (Å²) in [5.74, 6) is -0.315. The Labute approximate surface area is 176 Å². The molecule has 0 heterocycles. The molecule has 2 amide bonds. The fourth-order valence-corrected chi connectivity index (χ4v) is 3.23. The zero-order valence-corrected chi connectivity index (χ0v) is 17.9. The minimum absolute atomic E-state index is 0.0472. The Kier molecular flexibility index (Phi) is 8.34. The zero-order valence-electron chi connectivity index (χ0n) is 16.4. The molecule has 6 heteroatoms. The molecule has 0 aromatic heterocycles. The van der Waals surface area contributed by atoms with E-state index < -0.39 is 6.04 Å². The van der Waals surface area contributed by atoms with E-state index in [1.54, 1.807) is 36.1 Å². The normalized spacial score (nSPS) is 12.9. The van der Waals surface area contributed by atoms with Crippen LogP contribution in [0.1, 0.15) is 38.3 Å². The van der Waals surface area contributed by atoms with Crippen LogP contribution in [0.4, 0.5) is 0 Å². The Bertz CT molecular complexity index is 826. The number of hydrogen-bond acceptors (Lipinski definition) is 2. The van der Waals surface area contributed by atoms with Crippen LogP contribution in [-0.2, 0) is 22.6 Å². The number of benzene rings is 2. The second kappa shape index (κ2) is 10.5. The SMILES string of the molecule is CC[C@@H](C)NC(=O)[C@@H](C)N(Cc1cccc(Cl)c1)C(=O)Cc1cccc(Cl)c1. The average molecular weight is 421 g/mol. The van der Waals surface area contributed by atoms with Gasteiger partial charge in [0.1, 0.15) is 6.04 Å². The van der Waals surface area contributed by atoms with Gasteiger partial charge in [-0.3, -0.25) is 9.59 Å². The van der Waals surface area contributed by atoms with Gasteiger partial charge in [-0.05, 0) is 55.7 Å². The van der Waals surface area contributed by atoms with E-state index in [2.05, 4.69) is 5.32 Å². The standard InChI is InChI=1S/C22H26Cl2N2O2/c1-4-15(2)25-22(28)16(3)26(14-18-8-6-10-20(24)12-18)21(27)13-17-7-5-9-19(23)11-17/h5-12,15-16H,4,13-14H2,1-3H3,(H,25,28)/t15-,16-/m1/s1. The Morgan fingerprint density at radius 1 is 1.00 bits per heavy atom. The van der Waals surface area contributed by atoms with Crippen LogP contribution < -0.4 is 5.32 Å². The first-order valence-corrected chi connectivity index (χ1v) is 10.1. The molecule has 2 aromatic rings. The maximum Gasteiger partial charge on any atom is 0.242 e. The second-order valence-electron chi connectivity index (χ2n) is 6.95. The number of amides is 2. The number of nitrogens with zero attached hydrogens (tertiary/aromatic N) is 1. The third-order valence-electron chi connectivity index (χ3n) is 4.65. The molecule has 0 aliphatic rings. The minimum Gasteiger partial charge on any atom is -0.352 e. The second-order valence-corrected chi connectivity index (χ2v) is 7.82. The van der Waals surface area contributed by atoms with Crippen LogP contribution in [0.2, 0.25) is 10.0 Å². The smallest absolute Gasteiger partial charge is 0.242 e. The molecule has 4 nitrogen and oxygen atoms in total. The predicted octanol–water partition coefficient (Wildman–Crippen LogP) is 4.87. The topological polar surface area (TPSA) is 49.4 Å². The fraction of sp³-hybridized carbons (Fsp3) is 0.364. The van der Waals surface area contributed by atoms with E-state index >= 15 is 0 Å². The number of nitrogens with one attached hydrogen (secondary N) is 1. The van der Waals surface area contributed by atoms with Gasteiger partial charge in [-0.2, -0.15) is 0 Å². The van der Waals surface area contributed by atoms with Crippen LogP contribution in [0.15, 0.2) is 48.5 Å². The maximum atomic E-state index is 13.1. The third-order valence-corrected chi connectivity index (χ3v) is 5.12. The van der Waals surface area contributed by atoms with Crippen molar-refractivity contribution in [3.05, 3.63) is 69.7 Å². The molecular formula is C22H26Cl2N2O2. The molecule has 2 rings (SSSR count). The Morgan fingerprint density at radius 2 is 1.57 bits per heavy atom. The van der Waals surface area contributed by atoms with E-state index in [0.29, 0.717) is 16.6 Å². The average Bonchev–Trinajstić information content (AvgIpc) is 2.65. The van der Waals surface area contributed by atoms with Gasteiger partial charge in [0.05, 0.1) is 6.42 Å². The highest BCUT2D eigenvalue weighted by molar-refractivity contribution is 6.30. The highest BCUT2D eigenvalue weighted by Gasteiger charge is 2.26. The minimum atomic E-state index is -0.611. The Hall–Kier alpha value is -2.04. The van der Waals surface area contributed by atoms with E-state index in [4.69, 9.17) is 23.2 Å². The van der Waals surface area contributed by atoms with Crippen molar-refractivity contribution >= 4 is 35.0 Å². The molecule has 0 saturated heterocycles. The number of hydrogen-bond donors (Lipinski definition) is 1. The van der Waals surface area contributed by atoms with Crippen molar-refractivity contribution in [2.24, 2.45) is 0 Å². The van der Waals surface area contributed by atoms with Crippen molar-refractivity contribution in [2.75, 3.05) is 0 Å². The molecular weight excluding hydrogens is 395 g/mol. The molecule has 0 spiro atoms. The zero-order chi connectivity index (χ0) is 20.7. The van der Waals surface area contributed by atoms with Crippen LogP contribution in [-0.4, -0.2) is 28.8 Å². The largest absolute Gasteiger partial charge is 0.352 e. The van der Waals surface area contributed by atoms with Gasteiger partial charge in [0.2, 0.25) is 11.8 Å². The lowest BCUT2D eigenvalue weighted by Gasteiger charge is -2.30. The van der Waals surface area contributed by atoms with Gasteiger partial charge in [-0.15, -0.1) is 0 Å². The van der Waals surface area contributed by atoms with Gasteiger partial charge in [0.15, 0.2) is 0 Å². The van der Waals surface area contributed by atoms with E-state index in [-0.39, 0.29) is 24.3 Å². The van der Waals surface area contributed by atoms with E-state index in [0.717, 1.165) is 17.5 Å². The van der Waals surface area contributed by atoms with Gasteiger partial charge in [0.25, 0.3) is 0 Å². The van der Waals surface area contributed by atoms with Crippen LogP contribution in [0.5, 0.6) is 0 Å². The summed E-state index contributed by atoms with van der Waals surface area (Å²) in [6, 6.07) is 13.9. The number of rotatable bonds is 8. The lowest BCUT2D eigenvalue weighted by Crippen LogP contribution is -2.49. The quantitative estimate of drug-likeness (QED) is 0.661. The summed E-state index contributed by atoms with van der Waals surface area (Å²) in [7, 11) is 0. The van der Waals surface area contributed by atoms with Gasteiger partial charge < -0.3 is 10.2 Å². The van der Waals surface area contributed by atoms with Crippen molar-refractivity contribution in [3.63, 3.8) is 0 Å². The molecule has 0 aliphatic heterocycles. The van der Waals surface area contributed by atoms with Crippen LogP contribution in [0.3, 0.4) is 0 Å². The maximum absolute atomic E-state index is 13.1. The molecule has 150 valence electrons. The Balaban J connectivity index is 2.23. The van der Waals surface area contributed by atoms with Crippen molar-refractivity contribution in [3.8, 4) is 0 Å². The summed E-state index contributed by atoms with van der Waals surface area (Å²) in [5, 5.41) is 4.13. The first-order chi connectivity index (χ1) is 13.3. The molecule has 2 atom stereocenters. The van der Waals surface area contributed by atoms with E-state index in [1.807, 2.05) is 38.1 Å². The monoisotopic (exact) mass is 420 g/mol. The van der Waals surface area contributed by atoms with Crippen molar-refractivity contribution in [1.29, 1.82) is 0 Å². The fourth-order valence-electron chi connectivity index (χ4n) is 2.80. The van der Waals surface area contributed by atoms with Gasteiger partial charge in [-0.1, -0.05) is 54.4 Å². The summed E-state index contributed by atoms with van der Waals surface area (Å²) in [4.78, 5) is 27.3. The lowest BCUT2D eigenvalue weighted by atomic mass is 10.1. The molecule has 0 bridgehead atoms. The summed E-state index contributed by atoms with van der Waals surface area (Å²) < 4.78 is 0. The summed E-state index contributed by atoms with van der Waals surface area (Å²) in [5.41, 5.74) is 1.68. The van der Waals surface area contributed by atoms with Gasteiger partial charge >= 0.3 is 0 Å². The van der Waals surface area contributed by atoms with Crippen molar-refractivity contribution in [1.82, 2.24) is 10.2 Å². The third kappa shape index (κ3) is 6.54. The molecule has 0 aliphatic carbocycles. The van der Waals surface area contributed by atoms with E-state index in [9.17, 15) is 9.59 Å². The van der Waals surface area contributed by atoms with Crippen LogP contribution >= 0.6 is 23.2 Å². The summed E-state index contributed by atoms with van der Waals surface area (Å²) >= 11 is 12.1. The molecule has 1 N–H and O–H groups in total.